The number of aliphatic hydroxyl groups is 1. The molecule has 0 amide bonds. The second-order valence-corrected chi connectivity index (χ2v) is 6.68. The molecule has 0 saturated heterocycles. The summed E-state index contributed by atoms with van der Waals surface area (Å²) < 4.78 is 35.3. The summed E-state index contributed by atoms with van der Waals surface area (Å²) in [6, 6.07) is 2.81. The van der Waals surface area contributed by atoms with Crippen molar-refractivity contribution in [2.24, 2.45) is 0 Å². The number of hydrogen-bond donors (Lipinski definition) is 3. The van der Waals surface area contributed by atoms with E-state index in [1.807, 2.05) is 6.92 Å². The zero-order valence-corrected chi connectivity index (χ0v) is 14.8. The van der Waals surface area contributed by atoms with Gasteiger partial charge in [-0.2, -0.15) is 0 Å². The zero-order chi connectivity index (χ0) is 19.4. The van der Waals surface area contributed by atoms with Gasteiger partial charge >= 0.3 is 0 Å². The van der Waals surface area contributed by atoms with Gasteiger partial charge in [0.25, 0.3) is 0 Å². The highest BCUT2D eigenvalue weighted by Gasteiger charge is 2.36. The average molecular weight is 386 g/mol. The lowest BCUT2D eigenvalue weighted by molar-refractivity contribution is 0.205. The standard InChI is InChI=1S/C18H16F2N6O2/c1-8-2-4-21-13-10(20)7-23-11-6-9(19)17(24-14(11)13)26-15-12(28-8)3-5-22-16(15)25-18(26)27/h3,5-8,18,21,27H,2,4H2,1H3,(H,22,25)/t8-,18?/m1/s1. The molecule has 0 aromatic carbocycles. The molecule has 3 aromatic rings. The summed E-state index contributed by atoms with van der Waals surface area (Å²) in [4.78, 5) is 13.7. The Morgan fingerprint density at radius 2 is 2.14 bits per heavy atom. The molecule has 5 rings (SSSR count). The third-order valence-electron chi connectivity index (χ3n) is 4.78. The molecule has 0 aliphatic carbocycles. The molecule has 8 nitrogen and oxygen atoms in total. The molecule has 2 aliphatic heterocycles. The number of aliphatic hydroxyl groups excluding tert-OH is 1. The van der Waals surface area contributed by atoms with Gasteiger partial charge in [0, 0.05) is 31.3 Å². The van der Waals surface area contributed by atoms with Crippen molar-refractivity contribution in [1.82, 2.24) is 15.0 Å². The predicted molar refractivity (Wildman–Crippen MR) is 98.7 cm³/mol. The van der Waals surface area contributed by atoms with Gasteiger partial charge in [-0.1, -0.05) is 0 Å². The molecule has 2 atom stereocenters. The van der Waals surface area contributed by atoms with Crippen LogP contribution in [0, 0.1) is 11.6 Å². The smallest absolute Gasteiger partial charge is 0.212 e. The third-order valence-corrected chi connectivity index (χ3v) is 4.78. The lowest BCUT2D eigenvalue weighted by Crippen LogP contribution is -2.33. The van der Waals surface area contributed by atoms with Gasteiger partial charge in [-0.15, -0.1) is 0 Å². The van der Waals surface area contributed by atoms with Crippen LogP contribution in [-0.4, -0.2) is 39.1 Å². The van der Waals surface area contributed by atoms with Crippen LogP contribution in [0.1, 0.15) is 13.3 Å². The summed E-state index contributed by atoms with van der Waals surface area (Å²) in [6.07, 6.45) is 1.60. The number of rotatable bonds is 0. The molecule has 10 heteroatoms. The summed E-state index contributed by atoms with van der Waals surface area (Å²) in [5.74, 6) is -0.725. The number of anilines is 4. The fourth-order valence-corrected chi connectivity index (χ4v) is 3.47. The lowest BCUT2D eigenvalue weighted by Gasteiger charge is -2.26. The number of nitrogens with one attached hydrogen (secondary N) is 2. The third kappa shape index (κ3) is 2.48. The minimum atomic E-state index is -1.32. The van der Waals surface area contributed by atoms with Crippen molar-refractivity contribution in [1.29, 1.82) is 0 Å². The van der Waals surface area contributed by atoms with Gasteiger partial charge in [0.2, 0.25) is 6.35 Å². The number of halogens is 2. The van der Waals surface area contributed by atoms with Crippen LogP contribution in [0.15, 0.2) is 24.5 Å². The summed E-state index contributed by atoms with van der Waals surface area (Å²) in [6.45, 7) is 2.30. The SMILES string of the molecule is C[C@@H]1CCNc2c(F)cnc3cc(F)c(nc23)N2c3c(ccnc3NC2O)O1. The first-order valence-corrected chi connectivity index (χ1v) is 8.81. The Bertz CT molecular complexity index is 1100. The Kier molecular flexibility index (Phi) is 3.69. The van der Waals surface area contributed by atoms with E-state index in [1.165, 1.54) is 11.1 Å². The van der Waals surface area contributed by atoms with E-state index in [2.05, 4.69) is 25.6 Å². The normalized spacial score (nSPS) is 20.6. The Labute approximate surface area is 158 Å². The van der Waals surface area contributed by atoms with Gasteiger partial charge in [0.15, 0.2) is 23.3 Å². The highest BCUT2D eigenvalue weighted by Crippen LogP contribution is 2.45. The lowest BCUT2D eigenvalue weighted by atomic mass is 10.2. The van der Waals surface area contributed by atoms with Crippen LogP contribution in [-0.2, 0) is 0 Å². The Morgan fingerprint density at radius 1 is 1.29 bits per heavy atom. The number of fused-ring (bicyclic) bond motifs is 2. The van der Waals surface area contributed by atoms with Crippen molar-refractivity contribution in [3.63, 3.8) is 0 Å². The molecule has 2 aliphatic rings. The Morgan fingerprint density at radius 3 is 3.00 bits per heavy atom. The number of pyridine rings is 3. The zero-order valence-electron chi connectivity index (χ0n) is 14.8. The monoisotopic (exact) mass is 386 g/mol. The minimum absolute atomic E-state index is 0.132. The number of aromatic nitrogens is 3. The largest absolute Gasteiger partial charge is 0.488 e. The van der Waals surface area contributed by atoms with E-state index in [9.17, 15) is 13.9 Å². The number of hydrogen-bond acceptors (Lipinski definition) is 8. The molecule has 144 valence electrons. The summed E-state index contributed by atoms with van der Waals surface area (Å²) in [7, 11) is 0. The van der Waals surface area contributed by atoms with Gasteiger partial charge in [0.1, 0.15) is 22.6 Å². The second kappa shape index (κ2) is 6.13. The van der Waals surface area contributed by atoms with E-state index in [1.54, 1.807) is 6.07 Å². The van der Waals surface area contributed by atoms with Gasteiger partial charge in [-0.3, -0.25) is 9.88 Å². The quantitative estimate of drug-likeness (QED) is 0.543. The maximum atomic E-state index is 14.9. The van der Waals surface area contributed by atoms with Crippen molar-refractivity contribution >= 4 is 34.0 Å². The first-order chi connectivity index (χ1) is 13.5. The van der Waals surface area contributed by atoms with E-state index >= 15 is 0 Å². The Balaban J connectivity index is 1.81. The molecule has 3 N–H and O–H groups in total. The van der Waals surface area contributed by atoms with Crippen LogP contribution in [0.25, 0.3) is 11.0 Å². The molecule has 0 radical (unpaired) electrons. The fourth-order valence-electron chi connectivity index (χ4n) is 3.47. The highest BCUT2D eigenvalue weighted by molar-refractivity contribution is 5.91. The topological polar surface area (TPSA) is 95.4 Å². The summed E-state index contributed by atoms with van der Waals surface area (Å²) >= 11 is 0. The molecule has 0 saturated carbocycles. The van der Waals surface area contributed by atoms with E-state index in [0.29, 0.717) is 30.2 Å². The molecule has 2 bridgehead atoms. The molecule has 3 aromatic heterocycles. The predicted octanol–water partition coefficient (Wildman–Crippen LogP) is 2.73. The van der Waals surface area contributed by atoms with Crippen molar-refractivity contribution in [3.05, 3.63) is 36.2 Å². The van der Waals surface area contributed by atoms with Crippen LogP contribution >= 0.6 is 0 Å². The minimum Gasteiger partial charge on any atom is -0.488 e. The van der Waals surface area contributed by atoms with E-state index in [-0.39, 0.29) is 28.6 Å². The maximum Gasteiger partial charge on any atom is 0.212 e. The van der Waals surface area contributed by atoms with Gasteiger partial charge in [-0.25, -0.2) is 18.7 Å². The van der Waals surface area contributed by atoms with Gasteiger partial charge in [-0.05, 0) is 6.92 Å². The van der Waals surface area contributed by atoms with Crippen LogP contribution in [0.4, 0.5) is 31.8 Å². The Hall–Kier alpha value is -3.27. The van der Waals surface area contributed by atoms with Gasteiger partial charge < -0.3 is 20.5 Å². The van der Waals surface area contributed by atoms with Crippen LogP contribution in [0.5, 0.6) is 5.75 Å². The molecular formula is C18H16F2N6O2. The first-order valence-electron chi connectivity index (χ1n) is 8.81. The second-order valence-electron chi connectivity index (χ2n) is 6.68. The molecule has 28 heavy (non-hydrogen) atoms. The molecular weight excluding hydrogens is 370 g/mol. The molecule has 5 heterocycles. The van der Waals surface area contributed by atoms with Crippen molar-refractivity contribution in [2.75, 3.05) is 22.1 Å². The van der Waals surface area contributed by atoms with Gasteiger partial charge in [0.05, 0.1) is 17.8 Å². The van der Waals surface area contributed by atoms with Crippen LogP contribution in [0.2, 0.25) is 0 Å². The first kappa shape index (κ1) is 16.9. The maximum absolute atomic E-state index is 14.9. The van der Waals surface area contributed by atoms with E-state index < -0.39 is 18.0 Å². The number of ether oxygens (including phenoxy) is 1. The van der Waals surface area contributed by atoms with Crippen molar-refractivity contribution in [3.8, 4) is 5.75 Å². The van der Waals surface area contributed by atoms with Crippen LogP contribution < -0.4 is 20.3 Å². The number of nitrogens with zero attached hydrogens (tertiary/aromatic N) is 4. The van der Waals surface area contributed by atoms with Crippen LogP contribution in [0.3, 0.4) is 0 Å². The fraction of sp³-hybridized carbons (Fsp3) is 0.278. The van der Waals surface area contributed by atoms with E-state index in [0.717, 1.165) is 12.3 Å². The molecule has 0 fully saturated rings. The molecule has 0 spiro atoms. The van der Waals surface area contributed by atoms with E-state index in [4.69, 9.17) is 4.74 Å². The summed E-state index contributed by atoms with van der Waals surface area (Å²) in [5.41, 5.74) is 0.885. The average Bonchev–Trinajstić information content (AvgIpc) is 2.99. The molecule has 1 unspecified atom stereocenters. The summed E-state index contributed by atoms with van der Waals surface area (Å²) in [5, 5.41) is 16.3. The van der Waals surface area contributed by atoms with Crippen molar-refractivity contribution < 1.29 is 18.6 Å². The van der Waals surface area contributed by atoms with Crippen molar-refractivity contribution in [2.45, 2.75) is 25.8 Å². The highest BCUT2D eigenvalue weighted by atomic mass is 19.1.